The van der Waals surface area contributed by atoms with Gasteiger partial charge in [0.1, 0.15) is 0 Å². The molecule has 1 saturated carbocycles. The van der Waals surface area contributed by atoms with Crippen LogP contribution in [-0.4, -0.2) is 60.9 Å². The minimum Gasteiger partial charge on any atom is -0.356 e. The third-order valence-electron chi connectivity index (χ3n) is 6.07. The SMILES string of the molecule is CN(CCCNC(=O)C1CCN(C(=O)c2cccs2)CC1)C1CCCCC1. The van der Waals surface area contributed by atoms with E-state index in [1.807, 2.05) is 22.4 Å². The van der Waals surface area contributed by atoms with Gasteiger partial charge in [-0.2, -0.15) is 0 Å². The van der Waals surface area contributed by atoms with E-state index in [-0.39, 0.29) is 17.7 Å². The number of rotatable bonds is 7. The van der Waals surface area contributed by atoms with Crippen molar-refractivity contribution in [3.05, 3.63) is 22.4 Å². The number of piperidine rings is 1. The Morgan fingerprint density at radius 3 is 2.59 bits per heavy atom. The van der Waals surface area contributed by atoms with Crippen LogP contribution in [0.2, 0.25) is 0 Å². The predicted molar refractivity (Wildman–Crippen MR) is 110 cm³/mol. The van der Waals surface area contributed by atoms with Gasteiger partial charge in [-0.3, -0.25) is 9.59 Å². The summed E-state index contributed by atoms with van der Waals surface area (Å²) in [6, 6.07) is 4.51. The van der Waals surface area contributed by atoms with Gasteiger partial charge in [-0.05, 0) is 57.1 Å². The summed E-state index contributed by atoms with van der Waals surface area (Å²) in [5.41, 5.74) is 0. The molecule has 2 heterocycles. The van der Waals surface area contributed by atoms with Crippen LogP contribution >= 0.6 is 11.3 Å². The van der Waals surface area contributed by atoms with E-state index < -0.39 is 0 Å². The quantitative estimate of drug-likeness (QED) is 0.725. The highest BCUT2D eigenvalue weighted by atomic mass is 32.1. The predicted octanol–water partition coefficient (Wildman–Crippen LogP) is 3.37. The van der Waals surface area contributed by atoms with Crippen LogP contribution in [0.1, 0.15) is 61.0 Å². The molecule has 1 aliphatic carbocycles. The second kappa shape index (κ2) is 10.2. The second-order valence-electron chi connectivity index (χ2n) is 7.96. The lowest BCUT2D eigenvalue weighted by Crippen LogP contribution is -2.43. The van der Waals surface area contributed by atoms with E-state index in [0.29, 0.717) is 13.1 Å². The van der Waals surface area contributed by atoms with Crippen molar-refractivity contribution >= 4 is 23.2 Å². The normalized spacial score (nSPS) is 19.4. The standard InChI is InChI=1S/C21H33N3O2S/c1-23(18-7-3-2-4-8-18)13-6-12-22-20(25)17-10-14-24(15-11-17)21(26)19-9-5-16-27-19/h5,9,16-18H,2-4,6-8,10-15H2,1H3,(H,22,25). The molecule has 0 radical (unpaired) electrons. The van der Waals surface area contributed by atoms with E-state index in [4.69, 9.17) is 0 Å². The van der Waals surface area contributed by atoms with Gasteiger partial charge in [-0.15, -0.1) is 11.3 Å². The lowest BCUT2D eigenvalue weighted by atomic mass is 9.94. The van der Waals surface area contributed by atoms with Gasteiger partial charge in [-0.25, -0.2) is 0 Å². The summed E-state index contributed by atoms with van der Waals surface area (Å²) in [5, 5.41) is 5.04. The van der Waals surface area contributed by atoms with Gasteiger partial charge in [0, 0.05) is 31.6 Å². The number of likely N-dealkylation sites (tertiary alicyclic amines) is 1. The number of carbonyl (C=O) groups is 2. The average molecular weight is 392 g/mol. The molecule has 0 spiro atoms. The van der Waals surface area contributed by atoms with Gasteiger partial charge in [0.05, 0.1) is 4.88 Å². The number of hydrogen-bond donors (Lipinski definition) is 1. The Balaban J connectivity index is 1.31. The fraction of sp³-hybridized carbons (Fsp3) is 0.714. The van der Waals surface area contributed by atoms with Crippen molar-refractivity contribution < 1.29 is 9.59 Å². The third kappa shape index (κ3) is 5.79. The molecular weight excluding hydrogens is 358 g/mol. The summed E-state index contributed by atoms with van der Waals surface area (Å²) in [7, 11) is 2.22. The lowest BCUT2D eigenvalue weighted by Gasteiger charge is -2.32. The van der Waals surface area contributed by atoms with Crippen molar-refractivity contribution in [2.45, 2.75) is 57.4 Å². The van der Waals surface area contributed by atoms with Crippen molar-refractivity contribution in [2.24, 2.45) is 5.92 Å². The molecule has 5 nitrogen and oxygen atoms in total. The molecule has 1 aromatic rings. The summed E-state index contributed by atoms with van der Waals surface area (Å²) in [6.07, 6.45) is 9.30. The Morgan fingerprint density at radius 1 is 1.19 bits per heavy atom. The molecule has 0 unspecified atom stereocenters. The second-order valence-corrected chi connectivity index (χ2v) is 8.91. The number of carbonyl (C=O) groups excluding carboxylic acids is 2. The van der Waals surface area contributed by atoms with Gasteiger partial charge in [0.2, 0.25) is 5.91 Å². The van der Waals surface area contributed by atoms with Crippen molar-refractivity contribution in [3.8, 4) is 0 Å². The molecule has 0 aromatic carbocycles. The van der Waals surface area contributed by atoms with Crippen LogP contribution in [0.15, 0.2) is 17.5 Å². The number of thiophene rings is 1. The Labute approximate surface area is 167 Å². The first-order valence-corrected chi connectivity index (χ1v) is 11.3. The smallest absolute Gasteiger partial charge is 0.263 e. The Hall–Kier alpha value is -1.40. The molecule has 2 amide bonds. The first-order valence-electron chi connectivity index (χ1n) is 10.5. The molecule has 1 aromatic heterocycles. The molecule has 1 N–H and O–H groups in total. The summed E-state index contributed by atoms with van der Waals surface area (Å²) in [6.45, 7) is 3.17. The monoisotopic (exact) mass is 391 g/mol. The lowest BCUT2D eigenvalue weighted by molar-refractivity contribution is -0.126. The highest BCUT2D eigenvalue weighted by molar-refractivity contribution is 7.12. The van der Waals surface area contributed by atoms with Crippen molar-refractivity contribution in [3.63, 3.8) is 0 Å². The molecular formula is C21H33N3O2S. The molecule has 150 valence electrons. The van der Waals surface area contributed by atoms with Crippen LogP contribution in [-0.2, 0) is 4.79 Å². The third-order valence-corrected chi connectivity index (χ3v) is 6.93. The minimum atomic E-state index is 0.0495. The molecule has 1 aliphatic heterocycles. The van der Waals surface area contributed by atoms with E-state index in [0.717, 1.165) is 43.3 Å². The molecule has 0 atom stereocenters. The van der Waals surface area contributed by atoms with Crippen LogP contribution < -0.4 is 5.32 Å². The number of nitrogens with zero attached hydrogens (tertiary/aromatic N) is 2. The fourth-order valence-corrected chi connectivity index (χ4v) is 4.98. The summed E-state index contributed by atoms with van der Waals surface area (Å²) < 4.78 is 0. The Kier molecular flexibility index (Phi) is 7.70. The molecule has 27 heavy (non-hydrogen) atoms. The van der Waals surface area contributed by atoms with E-state index in [1.54, 1.807) is 0 Å². The van der Waals surface area contributed by atoms with E-state index in [9.17, 15) is 9.59 Å². The Morgan fingerprint density at radius 2 is 1.93 bits per heavy atom. The van der Waals surface area contributed by atoms with Crippen molar-refractivity contribution in [1.29, 1.82) is 0 Å². The summed E-state index contributed by atoms with van der Waals surface area (Å²) in [5.74, 6) is 0.321. The number of hydrogen-bond acceptors (Lipinski definition) is 4. The highest BCUT2D eigenvalue weighted by Gasteiger charge is 2.28. The topological polar surface area (TPSA) is 52.7 Å². The number of nitrogens with one attached hydrogen (secondary N) is 1. The van der Waals surface area contributed by atoms with Crippen LogP contribution in [0.5, 0.6) is 0 Å². The van der Waals surface area contributed by atoms with Crippen LogP contribution in [0.25, 0.3) is 0 Å². The molecule has 1 saturated heterocycles. The highest BCUT2D eigenvalue weighted by Crippen LogP contribution is 2.22. The number of amides is 2. The summed E-state index contributed by atoms with van der Waals surface area (Å²) >= 11 is 1.48. The molecule has 0 bridgehead atoms. The zero-order chi connectivity index (χ0) is 19.1. The molecule has 6 heteroatoms. The van der Waals surface area contributed by atoms with Gasteiger partial charge in [0.25, 0.3) is 5.91 Å². The maximum Gasteiger partial charge on any atom is 0.263 e. The van der Waals surface area contributed by atoms with Gasteiger partial charge in [0.15, 0.2) is 0 Å². The first-order chi connectivity index (χ1) is 13.1. The fourth-order valence-electron chi connectivity index (χ4n) is 4.29. The summed E-state index contributed by atoms with van der Waals surface area (Å²) in [4.78, 5) is 29.9. The van der Waals surface area contributed by atoms with Crippen LogP contribution in [0.4, 0.5) is 0 Å². The van der Waals surface area contributed by atoms with Gasteiger partial charge >= 0.3 is 0 Å². The Bertz CT molecular complexity index is 591. The average Bonchev–Trinajstić information content (AvgIpc) is 3.26. The van der Waals surface area contributed by atoms with Crippen molar-refractivity contribution in [1.82, 2.24) is 15.1 Å². The molecule has 2 fully saturated rings. The van der Waals surface area contributed by atoms with Gasteiger partial charge in [-0.1, -0.05) is 25.3 Å². The van der Waals surface area contributed by atoms with Crippen molar-refractivity contribution in [2.75, 3.05) is 33.2 Å². The zero-order valence-electron chi connectivity index (χ0n) is 16.5. The van der Waals surface area contributed by atoms with E-state index >= 15 is 0 Å². The van der Waals surface area contributed by atoms with Crippen LogP contribution in [0.3, 0.4) is 0 Å². The zero-order valence-corrected chi connectivity index (χ0v) is 17.3. The minimum absolute atomic E-state index is 0.0495. The first kappa shape index (κ1) is 20.3. The van der Waals surface area contributed by atoms with E-state index in [2.05, 4.69) is 17.3 Å². The maximum absolute atomic E-state index is 12.4. The maximum atomic E-state index is 12.4. The van der Waals surface area contributed by atoms with Crippen LogP contribution in [0, 0.1) is 5.92 Å². The molecule has 3 rings (SSSR count). The largest absolute Gasteiger partial charge is 0.356 e. The van der Waals surface area contributed by atoms with Gasteiger partial charge < -0.3 is 15.1 Å². The molecule has 2 aliphatic rings. The van der Waals surface area contributed by atoms with E-state index in [1.165, 1.54) is 43.4 Å².